The third-order valence-corrected chi connectivity index (χ3v) is 4.05. The van der Waals surface area contributed by atoms with E-state index < -0.39 is 6.04 Å². The Morgan fingerprint density at radius 2 is 1.81 bits per heavy atom. The molecule has 0 saturated carbocycles. The van der Waals surface area contributed by atoms with Gasteiger partial charge >= 0.3 is 5.97 Å². The van der Waals surface area contributed by atoms with Gasteiger partial charge in [0.25, 0.3) is 0 Å². The van der Waals surface area contributed by atoms with Crippen molar-refractivity contribution in [3.63, 3.8) is 0 Å². The fourth-order valence-electron chi connectivity index (χ4n) is 2.67. The van der Waals surface area contributed by atoms with E-state index in [1.165, 1.54) is 12.7 Å². The highest BCUT2D eigenvalue weighted by Gasteiger charge is 2.18. The summed E-state index contributed by atoms with van der Waals surface area (Å²) in [4.78, 5) is 23.9. The zero-order valence-electron chi connectivity index (χ0n) is 15.5. The van der Waals surface area contributed by atoms with Crippen molar-refractivity contribution in [3.05, 3.63) is 65.2 Å². The molecule has 0 fully saturated rings. The van der Waals surface area contributed by atoms with Crippen molar-refractivity contribution in [2.45, 2.75) is 32.7 Å². The Morgan fingerprint density at radius 3 is 2.46 bits per heavy atom. The molecule has 0 aromatic heterocycles. The van der Waals surface area contributed by atoms with Crippen molar-refractivity contribution in [2.75, 3.05) is 13.7 Å². The number of ether oxygens (including phenoxy) is 2. The van der Waals surface area contributed by atoms with Crippen LogP contribution in [0.2, 0.25) is 0 Å². The molecular weight excluding hydrogens is 330 g/mol. The highest BCUT2D eigenvalue weighted by atomic mass is 16.5. The van der Waals surface area contributed by atoms with Gasteiger partial charge in [0.2, 0.25) is 5.91 Å². The van der Waals surface area contributed by atoms with Gasteiger partial charge < -0.3 is 14.8 Å². The Balaban J connectivity index is 1.91. The number of hydrogen-bond acceptors (Lipinski definition) is 4. The van der Waals surface area contributed by atoms with Gasteiger partial charge in [-0.05, 0) is 31.0 Å². The third kappa shape index (κ3) is 5.92. The number of carbonyl (C=O) groups is 2. The molecule has 0 heterocycles. The number of nitrogens with one attached hydrogen (secondary N) is 1. The van der Waals surface area contributed by atoms with Crippen molar-refractivity contribution in [3.8, 4) is 5.75 Å². The van der Waals surface area contributed by atoms with Crippen LogP contribution in [0.1, 0.15) is 35.6 Å². The molecule has 0 aliphatic heterocycles. The molecule has 1 N–H and O–H groups in total. The van der Waals surface area contributed by atoms with Crippen molar-refractivity contribution in [2.24, 2.45) is 0 Å². The number of aryl methyl sites for hydroxylation is 2. The summed E-state index contributed by atoms with van der Waals surface area (Å²) in [6.07, 6.45) is 0.294. The van der Waals surface area contributed by atoms with E-state index in [2.05, 4.69) is 5.32 Å². The zero-order chi connectivity index (χ0) is 18.9. The van der Waals surface area contributed by atoms with E-state index in [9.17, 15) is 9.59 Å². The number of carbonyl (C=O) groups excluding carboxylic acids is 2. The molecule has 1 atom stereocenters. The van der Waals surface area contributed by atoms with E-state index >= 15 is 0 Å². The van der Waals surface area contributed by atoms with Crippen LogP contribution < -0.4 is 10.1 Å². The summed E-state index contributed by atoms with van der Waals surface area (Å²) < 4.78 is 10.4. The Hall–Kier alpha value is -2.82. The zero-order valence-corrected chi connectivity index (χ0v) is 15.5. The van der Waals surface area contributed by atoms with E-state index in [-0.39, 0.29) is 31.3 Å². The number of benzene rings is 2. The monoisotopic (exact) mass is 355 g/mol. The topological polar surface area (TPSA) is 64.6 Å². The molecule has 2 rings (SSSR count). The van der Waals surface area contributed by atoms with Gasteiger partial charge in [-0.1, -0.05) is 48.0 Å². The maximum Gasteiger partial charge on any atom is 0.307 e. The minimum absolute atomic E-state index is 0.0875. The van der Waals surface area contributed by atoms with Gasteiger partial charge in [0.15, 0.2) is 0 Å². The standard InChI is InChI=1S/C21H25NO4/c1-15-9-10-19(16(2)13-15)26-12-11-20(23)22-18(14-21(24)25-3)17-7-5-4-6-8-17/h4-10,13,18H,11-12,14H2,1-3H3,(H,22,23)/t18-/m1/s1. The fraction of sp³-hybridized carbons (Fsp3) is 0.333. The number of rotatable bonds is 8. The number of amides is 1. The average molecular weight is 355 g/mol. The highest BCUT2D eigenvalue weighted by Crippen LogP contribution is 2.19. The third-order valence-electron chi connectivity index (χ3n) is 4.05. The quantitative estimate of drug-likeness (QED) is 0.736. The van der Waals surface area contributed by atoms with Crippen LogP contribution in [0, 0.1) is 13.8 Å². The molecule has 138 valence electrons. The molecule has 5 nitrogen and oxygen atoms in total. The van der Waals surface area contributed by atoms with E-state index in [0.29, 0.717) is 0 Å². The largest absolute Gasteiger partial charge is 0.493 e. The lowest BCUT2D eigenvalue weighted by Gasteiger charge is -2.18. The second-order valence-electron chi connectivity index (χ2n) is 6.18. The number of methoxy groups -OCH3 is 1. The fourth-order valence-corrected chi connectivity index (χ4v) is 2.67. The number of hydrogen-bond donors (Lipinski definition) is 1. The summed E-state index contributed by atoms with van der Waals surface area (Å²) in [5, 5.41) is 2.89. The molecule has 0 saturated heterocycles. The minimum atomic E-state index is -0.419. The van der Waals surface area contributed by atoms with E-state index in [1.807, 2.05) is 62.4 Å². The van der Waals surface area contributed by atoms with Crippen LogP contribution >= 0.6 is 0 Å². The van der Waals surface area contributed by atoms with Gasteiger partial charge in [-0.2, -0.15) is 0 Å². The van der Waals surface area contributed by atoms with E-state index in [4.69, 9.17) is 9.47 Å². The SMILES string of the molecule is COC(=O)C[C@@H](NC(=O)CCOc1ccc(C)cc1C)c1ccccc1. The van der Waals surface area contributed by atoms with Crippen molar-refractivity contribution < 1.29 is 19.1 Å². The van der Waals surface area contributed by atoms with E-state index in [0.717, 1.165) is 16.9 Å². The van der Waals surface area contributed by atoms with Gasteiger partial charge in [0.1, 0.15) is 5.75 Å². The second kappa shape index (κ2) is 9.61. The van der Waals surface area contributed by atoms with Gasteiger partial charge in [-0.3, -0.25) is 9.59 Å². The molecule has 0 aliphatic carbocycles. The molecule has 1 amide bonds. The number of esters is 1. The summed E-state index contributed by atoms with van der Waals surface area (Å²) in [6, 6.07) is 14.9. The molecule has 0 bridgehead atoms. The predicted octanol–water partition coefficient (Wildman–Crippen LogP) is 3.49. The molecule has 0 aliphatic rings. The van der Waals surface area contributed by atoms with Crippen LogP contribution in [0.3, 0.4) is 0 Å². The van der Waals surface area contributed by atoms with Gasteiger partial charge in [0.05, 0.1) is 32.6 Å². The molecule has 0 unspecified atom stereocenters. The van der Waals surface area contributed by atoms with Crippen molar-refractivity contribution >= 4 is 11.9 Å². The lowest BCUT2D eigenvalue weighted by atomic mass is 10.0. The summed E-state index contributed by atoms with van der Waals surface area (Å²) >= 11 is 0. The van der Waals surface area contributed by atoms with E-state index in [1.54, 1.807) is 0 Å². The highest BCUT2D eigenvalue weighted by molar-refractivity contribution is 5.78. The molecule has 0 radical (unpaired) electrons. The first kappa shape index (κ1) is 19.5. The summed E-state index contributed by atoms with van der Waals surface area (Å²) in [5.74, 6) is 0.232. The second-order valence-corrected chi connectivity index (χ2v) is 6.18. The minimum Gasteiger partial charge on any atom is -0.493 e. The summed E-state index contributed by atoms with van der Waals surface area (Å²) in [7, 11) is 1.34. The Kier molecular flexibility index (Phi) is 7.21. The van der Waals surface area contributed by atoms with Crippen LogP contribution in [-0.2, 0) is 14.3 Å². The van der Waals surface area contributed by atoms with Crippen molar-refractivity contribution in [1.29, 1.82) is 0 Å². The molecule has 2 aromatic carbocycles. The van der Waals surface area contributed by atoms with Gasteiger partial charge in [0, 0.05) is 0 Å². The molecule has 26 heavy (non-hydrogen) atoms. The molecule has 2 aromatic rings. The normalized spacial score (nSPS) is 11.5. The van der Waals surface area contributed by atoms with Gasteiger partial charge in [-0.15, -0.1) is 0 Å². The first-order valence-electron chi connectivity index (χ1n) is 8.60. The van der Waals surface area contributed by atoms with Gasteiger partial charge in [-0.25, -0.2) is 0 Å². The van der Waals surface area contributed by atoms with Crippen LogP contribution in [0.5, 0.6) is 5.75 Å². The van der Waals surface area contributed by atoms with Crippen LogP contribution in [-0.4, -0.2) is 25.6 Å². The molecule has 5 heteroatoms. The summed E-state index contributed by atoms with van der Waals surface area (Å²) in [6.45, 7) is 4.27. The lowest BCUT2D eigenvalue weighted by molar-refractivity contribution is -0.141. The smallest absolute Gasteiger partial charge is 0.307 e. The maximum atomic E-state index is 12.3. The Bertz CT molecular complexity index is 743. The van der Waals surface area contributed by atoms with Crippen LogP contribution in [0.4, 0.5) is 0 Å². The molecular formula is C21H25NO4. The predicted molar refractivity (Wildman–Crippen MR) is 100.0 cm³/mol. The lowest BCUT2D eigenvalue weighted by Crippen LogP contribution is -2.31. The van der Waals surface area contributed by atoms with Crippen LogP contribution in [0.25, 0.3) is 0 Å². The van der Waals surface area contributed by atoms with Crippen molar-refractivity contribution in [1.82, 2.24) is 5.32 Å². The Labute approximate surface area is 154 Å². The van der Waals surface area contributed by atoms with Crippen LogP contribution in [0.15, 0.2) is 48.5 Å². The average Bonchev–Trinajstić information content (AvgIpc) is 2.63. The summed E-state index contributed by atoms with van der Waals surface area (Å²) in [5.41, 5.74) is 3.07. The first-order valence-corrected chi connectivity index (χ1v) is 8.60. The molecule has 0 spiro atoms. The Morgan fingerprint density at radius 1 is 1.08 bits per heavy atom. The maximum absolute atomic E-state index is 12.3. The first-order chi connectivity index (χ1) is 12.5.